The molecule has 0 aliphatic carbocycles. The number of carboxylic acid groups (broad SMARTS) is 2. The van der Waals surface area contributed by atoms with Crippen molar-refractivity contribution in [2.75, 3.05) is 18.4 Å². The van der Waals surface area contributed by atoms with Crippen molar-refractivity contribution in [1.82, 2.24) is 4.90 Å². The highest BCUT2D eigenvalue weighted by Crippen LogP contribution is 2.42. The number of carbonyl (C=O) groups excluding carboxylic acids is 1. The molecule has 4 amide bonds. The first kappa shape index (κ1) is 27.2. The highest BCUT2D eigenvalue weighted by atomic mass is 16.5. The van der Waals surface area contributed by atoms with Gasteiger partial charge in [-0.2, -0.15) is 9.59 Å². The van der Waals surface area contributed by atoms with E-state index in [1.807, 2.05) is 80.6 Å². The van der Waals surface area contributed by atoms with E-state index in [9.17, 15) is 24.6 Å². The van der Waals surface area contributed by atoms with Crippen LogP contribution in [0.15, 0.2) is 66.7 Å². The maximum atomic E-state index is 13.3. The van der Waals surface area contributed by atoms with E-state index in [2.05, 4.69) is 5.32 Å². The molecule has 2 atom stereocenters. The van der Waals surface area contributed by atoms with E-state index in [4.69, 9.17) is 4.74 Å². The number of rotatable bonds is 5. The topological polar surface area (TPSA) is 116 Å². The van der Waals surface area contributed by atoms with E-state index < -0.39 is 22.7 Å². The minimum Gasteiger partial charge on any atom is -0.488 e. The molecule has 208 valence electrons. The number of hydrogen-bond acceptors (Lipinski definition) is 4. The first-order valence-corrected chi connectivity index (χ1v) is 13.5. The highest BCUT2D eigenvalue weighted by molar-refractivity contribution is 5.91. The second kappa shape index (κ2) is 11.0. The Morgan fingerprint density at radius 2 is 1.65 bits per heavy atom. The summed E-state index contributed by atoms with van der Waals surface area (Å²) in [6.07, 6.45) is -1.72. The summed E-state index contributed by atoms with van der Waals surface area (Å²) in [7, 11) is 0. The number of imide groups is 1. The van der Waals surface area contributed by atoms with Crippen LogP contribution in [-0.2, 0) is 13.0 Å². The molecule has 0 aromatic heterocycles. The van der Waals surface area contributed by atoms with E-state index in [0.29, 0.717) is 30.9 Å². The van der Waals surface area contributed by atoms with Gasteiger partial charge in [-0.3, -0.25) is 0 Å². The van der Waals surface area contributed by atoms with Crippen molar-refractivity contribution in [3.05, 3.63) is 94.5 Å². The Morgan fingerprint density at radius 3 is 2.33 bits per heavy atom. The van der Waals surface area contributed by atoms with Gasteiger partial charge in [0.05, 0.1) is 0 Å². The molecule has 0 bridgehead atoms. The number of aryl methyl sites for hydroxylation is 2. The van der Waals surface area contributed by atoms with Gasteiger partial charge >= 0.3 is 18.2 Å². The van der Waals surface area contributed by atoms with Gasteiger partial charge in [-0.25, -0.2) is 4.79 Å². The lowest BCUT2D eigenvalue weighted by molar-refractivity contribution is -0.825. The average molecular weight is 545 g/mol. The molecule has 2 aliphatic heterocycles. The fourth-order valence-electron chi connectivity index (χ4n) is 6.15. The number of benzene rings is 3. The SMILES string of the molecule is Cc1cc(C2CC(N3CCc4ccccc4NC3=O)CC[N+]2(C(=O)O)C(=O)O)cc(C)c1OCc1ccccc1. The van der Waals surface area contributed by atoms with Crippen LogP contribution < -0.4 is 10.1 Å². The first-order valence-electron chi connectivity index (χ1n) is 13.5. The van der Waals surface area contributed by atoms with Crippen molar-refractivity contribution >= 4 is 23.9 Å². The largest absolute Gasteiger partial charge is 0.524 e. The Morgan fingerprint density at radius 1 is 1.00 bits per heavy atom. The number of fused-ring (bicyclic) bond motifs is 1. The normalized spacial score (nSPS) is 20.1. The lowest BCUT2D eigenvalue weighted by Gasteiger charge is -2.44. The molecule has 1 saturated heterocycles. The average Bonchev–Trinajstić information content (AvgIpc) is 3.10. The number of amides is 4. The summed E-state index contributed by atoms with van der Waals surface area (Å²) in [4.78, 5) is 40.2. The van der Waals surface area contributed by atoms with Crippen molar-refractivity contribution in [3.63, 3.8) is 0 Å². The Balaban J connectivity index is 1.46. The molecule has 0 spiro atoms. The Hall–Kier alpha value is -4.37. The quantitative estimate of drug-likeness (QED) is 0.323. The summed E-state index contributed by atoms with van der Waals surface area (Å²) in [5, 5.41) is 23.5. The number of para-hydroxylation sites is 1. The van der Waals surface area contributed by atoms with Crippen LogP contribution in [0, 0.1) is 13.8 Å². The summed E-state index contributed by atoms with van der Waals surface area (Å²) < 4.78 is 4.99. The van der Waals surface area contributed by atoms with Crippen LogP contribution in [0.4, 0.5) is 20.1 Å². The van der Waals surface area contributed by atoms with Gasteiger partial charge in [0.2, 0.25) is 0 Å². The Labute approximate surface area is 233 Å². The van der Waals surface area contributed by atoms with Crippen LogP contribution in [0.2, 0.25) is 0 Å². The number of piperidine rings is 1. The van der Waals surface area contributed by atoms with Gasteiger partial charge in [0, 0.05) is 36.7 Å². The molecule has 3 aromatic rings. The third-order valence-corrected chi connectivity index (χ3v) is 8.20. The lowest BCUT2D eigenvalue weighted by atomic mass is 9.87. The molecule has 9 nitrogen and oxygen atoms in total. The number of nitrogens with zero attached hydrogens (tertiary/aromatic N) is 2. The number of urea groups is 1. The lowest BCUT2D eigenvalue weighted by Crippen LogP contribution is -2.63. The number of nitrogens with one attached hydrogen (secondary N) is 1. The van der Waals surface area contributed by atoms with Crippen LogP contribution in [-0.4, -0.2) is 56.9 Å². The van der Waals surface area contributed by atoms with Crippen LogP contribution in [0.5, 0.6) is 5.75 Å². The first-order chi connectivity index (χ1) is 19.2. The fraction of sp³-hybridized carbons (Fsp3) is 0.323. The van der Waals surface area contributed by atoms with E-state index in [1.165, 1.54) is 0 Å². The summed E-state index contributed by atoms with van der Waals surface area (Å²) in [5.74, 6) is 0.688. The molecule has 0 saturated carbocycles. The summed E-state index contributed by atoms with van der Waals surface area (Å²) in [6.45, 7) is 4.47. The zero-order chi connectivity index (χ0) is 28.4. The number of quaternary nitrogens is 1. The second-order valence-electron chi connectivity index (χ2n) is 10.6. The number of hydrogen-bond donors (Lipinski definition) is 3. The zero-order valence-corrected chi connectivity index (χ0v) is 22.7. The summed E-state index contributed by atoms with van der Waals surface area (Å²) in [5.41, 5.74) is 5.01. The number of carbonyl (C=O) groups is 3. The molecule has 2 aliphatic rings. The molecule has 3 N–H and O–H groups in total. The summed E-state index contributed by atoms with van der Waals surface area (Å²) in [6, 6.07) is 19.6. The van der Waals surface area contributed by atoms with E-state index in [0.717, 1.165) is 27.9 Å². The van der Waals surface area contributed by atoms with Gasteiger partial charge in [0.15, 0.2) is 0 Å². The molecule has 2 unspecified atom stereocenters. The van der Waals surface area contributed by atoms with Gasteiger partial charge in [-0.1, -0.05) is 48.5 Å². The molecule has 40 heavy (non-hydrogen) atoms. The molecule has 9 heteroatoms. The maximum Gasteiger partial charge on any atom is 0.524 e. The van der Waals surface area contributed by atoms with E-state index >= 15 is 0 Å². The highest BCUT2D eigenvalue weighted by Gasteiger charge is 2.57. The molecule has 0 radical (unpaired) electrons. The van der Waals surface area contributed by atoms with Crippen LogP contribution in [0.1, 0.15) is 46.7 Å². The molecular weight excluding hydrogens is 510 g/mol. The van der Waals surface area contributed by atoms with Crippen molar-refractivity contribution < 1.29 is 33.8 Å². The summed E-state index contributed by atoms with van der Waals surface area (Å²) >= 11 is 0. The number of ether oxygens (including phenoxy) is 1. The minimum absolute atomic E-state index is 0.138. The minimum atomic E-state index is -1.41. The van der Waals surface area contributed by atoms with E-state index in [-0.39, 0.29) is 31.5 Å². The Bertz CT molecular complexity index is 1400. The van der Waals surface area contributed by atoms with Crippen LogP contribution in [0.3, 0.4) is 0 Å². The third-order valence-electron chi connectivity index (χ3n) is 8.20. The van der Waals surface area contributed by atoms with Gasteiger partial charge < -0.3 is 25.2 Å². The monoisotopic (exact) mass is 544 g/mol. The molecule has 2 heterocycles. The third kappa shape index (κ3) is 5.00. The second-order valence-corrected chi connectivity index (χ2v) is 10.6. The van der Waals surface area contributed by atoms with Crippen LogP contribution in [0.25, 0.3) is 0 Å². The van der Waals surface area contributed by atoms with Gasteiger partial charge in [-0.05, 0) is 60.7 Å². The molecule has 3 aromatic carbocycles. The number of anilines is 1. The molecule has 5 rings (SSSR count). The van der Waals surface area contributed by atoms with Crippen molar-refractivity contribution in [2.24, 2.45) is 0 Å². The van der Waals surface area contributed by atoms with Crippen molar-refractivity contribution in [2.45, 2.75) is 51.8 Å². The number of likely N-dealkylation sites (tertiary alicyclic amines) is 1. The molecule has 1 fully saturated rings. The van der Waals surface area contributed by atoms with Gasteiger partial charge in [-0.15, -0.1) is 4.48 Å². The standard InChI is InChI=1S/C31H33N3O6/c1-20-16-24(17-21(2)28(20)40-19-22-8-4-3-5-9-22)27-18-25(13-15-34(27,30(36)37)31(38)39)33-14-12-23-10-6-7-11-26(23)32-29(33)35/h3-11,16-17,25,27H,12-15,18-19H2,1-2H3,(H2-,32,35,36,37,38,39)/p+1. The Kier molecular flexibility index (Phi) is 7.49. The van der Waals surface area contributed by atoms with Crippen molar-refractivity contribution in [1.29, 1.82) is 0 Å². The van der Waals surface area contributed by atoms with E-state index in [1.54, 1.807) is 4.90 Å². The fourth-order valence-corrected chi connectivity index (χ4v) is 6.15. The predicted octanol–water partition coefficient (Wildman–Crippen LogP) is 6.35. The van der Waals surface area contributed by atoms with Crippen molar-refractivity contribution in [3.8, 4) is 5.75 Å². The predicted molar refractivity (Wildman–Crippen MR) is 150 cm³/mol. The van der Waals surface area contributed by atoms with Gasteiger partial charge in [0.25, 0.3) is 0 Å². The zero-order valence-electron chi connectivity index (χ0n) is 22.7. The van der Waals surface area contributed by atoms with Crippen LogP contribution >= 0.6 is 0 Å². The smallest absolute Gasteiger partial charge is 0.488 e. The maximum absolute atomic E-state index is 13.3. The molecular formula is C31H34N3O6+. The van der Waals surface area contributed by atoms with Gasteiger partial charge in [0.1, 0.15) is 24.9 Å².